The van der Waals surface area contributed by atoms with Crippen LogP contribution in [0.15, 0.2) is 18.3 Å². The number of rotatable bonds is 2. The van der Waals surface area contributed by atoms with Gasteiger partial charge in [-0.05, 0) is 32.0 Å². The lowest BCUT2D eigenvalue weighted by Gasteiger charge is -2.20. The Balaban J connectivity index is 2.05. The van der Waals surface area contributed by atoms with Crippen molar-refractivity contribution in [3.05, 3.63) is 29.2 Å². The standard InChI is InChI=1S/C12H15ClN4/c1-2-16-6-3-4-10(16)12-15-14-11-8-9(13)5-7-17(11)12/h5,7-8,10H,2-4,6H2,1H3. The molecule has 1 aliphatic heterocycles. The summed E-state index contributed by atoms with van der Waals surface area (Å²) < 4.78 is 2.05. The van der Waals surface area contributed by atoms with Crippen LogP contribution in [0, 0.1) is 0 Å². The van der Waals surface area contributed by atoms with E-state index in [4.69, 9.17) is 11.6 Å². The second-order valence-corrected chi connectivity index (χ2v) is 4.85. The first-order valence-electron chi connectivity index (χ1n) is 6.04. The summed E-state index contributed by atoms with van der Waals surface area (Å²) in [5.41, 5.74) is 0.829. The zero-order valence-corrected chi connectivity index (χ0v) is 10.6. The van der Waals surface area contributed by atoms with E-state index in [1.807, 2.05) is 22.7 Å². The van der Waals surface area contributed by atoms with Gasteiger partial charge in [0.25, 0.3) is 0 Å². The Hall–Kier alpha value is -1.13. The molecule has 0 bridgehead atoms. The minimum atomic E-state index is 0.399. The minimum Gasteiger partial charge on any atom is -0.294 e. The summed E-state index contributed by atoms with van der Waals surface area (Å²) >= 11 is 5.95. The van der Waals surface area contributed by atoms with E-state index in [9.17, 15) is 0 Å². The molecule has 1 fully saturated rings. The molecule has 0 saturated carbocycles. The van der Waals surface area contributed by atoms with Crippen LogP contribution in [0.2, 0.25) is 5.02 Å². The van der Waals surface area contributed by atoms with Gasteiger partial charge in [-0.3, -0.25) is 9.30 Å². The summed E-state index contributed by atoms with van der Waals surface area (Å²) in [6.45, 7) is 4.41. The molecule has 0 aliphatic carbocycles. The SMILES string of the molecule is CCN1CCCC1c1nnc2cc(Cl)ccn12. The molecule has 5 heteroatoms. The summed E-state index contributed by atoms with van der Waals surface area (Å²) in [7, 11) is 0. The average Bonchev–Trinajstić information content (AvgIpc) is 2.92. The maximum absolute atomic E-state index is 5.95. The molecule has 0 N–H and O–H groups in total. The van der Waals surface area contributed by atoms with Crippen molar-refractivity contribution in [2.75, 3.05) is 13.1 Å². The Morgan fingerprint density at radius 2 is 2.35 bits per heavy atom. The van der Waals surface area contributed by atoms with E-state index in [1.54, 1.807) is 0 Å². The number of nitrogens with zero attached hydrogens (tertiary/aromatic N) is 4. The van der Waals surface area contributed by atoms with Gasteiger partial charge in [0.05, 0.1) is 6.04 Å². The van der Waals surface area contributed by atoms with Crippen LogP contribution in [-0.4, -0.2) is 32.6 Å². The maximum atomic E-state index is 5.95. The van der Waals surface area contributed by atoms with Gasteiger partial charge >= 0.3 is 0 Å². The lowest BCUT2D eigenvalue weighted by atomic mass is 10.2. The molecule has 3 rings (SSSR count). The Labute approximate surface area is 105 Å². The van der Waals surface area contributed by atoms with Gasteiger partial charge < -0.3 is 0 Å². The van der Waals surface area contributed by atoms with Crippen molar-refractivity contribution in [3.8, 4) is 0 Å². The van der Waals surface area contributed by atoms with E-state index >= 15 is 0 Å². The van der Waals surface area contributed by atoms with Crippen molar-refractivity contribution >= 4 is 17.2 Å². The molecule has 1 unspecified atom stereocenters. The fraction of sp³-hybridized carbons (Fsp3) is 0.500. The molecule has 1 saturated heterocycles. The third kappa shape index (κ3) is 1.81. The number of fused-ring (bicyclic) bond motifs is 1. The molecule has 90 valence electrons. The van der Waals surface area contributed by atoms with E-state index in [-0.39, 0.29) is 0 Å². The molecule has 0 radical (unpaired) electrons. The van der Waals surface area contributed by atoms with E-state index in [0.717, 1.165) is 31.0 Å². The molecule has 4 nitrogen and oxygen atoms in total. The predicted octanol–water partition coefficient (Wildman–Crippen LogP) is 2.54. The van der Waals surface area contributed by atoms with Crippen molar-refractivity contribution in [1.29, 1.82) is 0 Å². The summed E-state index contributed by atoms with van der Waals surface area (Å²) in [5, 5.41) is 9.23. The van der Waals surface area contributed by atoms with Gasteiger partial charge in [0.2, 0.25) is 0 Å². The second-order valence-electron chi connectivity index (χ2n) is 4.42. The van der Waals surface area contributed by atoms with Crippen LogP contribution in [0.3, 0.4) is 0 Å². The van der Waals surface area contributed by atoms with Crippen molar-refractivity contribution < 1.29 is 0 Å². The largest absolute Gasteiger partial charge is 0.294 e. The van der Waals surface area contributed by atoms with Crippen LogP contribution in [0.25, 0.3) is 5.65 Å². The quantitative estimate of drug-likeness (QED) is 0.821. The van der Waals surface area contributed by atoms with Gasteiger partial charge in [0.15, 0.2) is 11.5 Å². The first kappa shape index (κ1) is 11.0. The topological polar surface area (TPSA) is 33.4 Å². The Bertz CT molecular complexity index is 536. The molecule has 0 amide bonds. The van der Waals surface area contributed by atoms with E-state index in [0.29, 0.717) is 11.1 Å². The smallest absolute Gasteiger partial charge is 0.162 e. The monoisotopic (exact) mass is 250 g/mol. The number of halogens is 1. The summed E-state index contributed by atoms with van der Waals surface area (Å²) in [5.74, 6) is 1.04. The molecule has 1 atom stereocenters. The third-order valence-corrected chi connectivity index (χ3v) is 3.70. The number of likely N-dealkylation sites (tertiary alicyclic amines) is 1. The first-order chi connectivity index (χ1) is 8.29. The molecule has 0 aromatic carbocycles. The van der Waals surface area contributed by atoms with E-state index < -0.39 is 0 Å². The third-order valence-electron chi connectivity index (χ3n) is 3.47. The summed E-state index contributed by atoms with van der Waals surface area (Å²) in [4.78, 5) is 2.45. The van der Waals surface area contributed by atoms with E-state index in [1.165, 1.54) is 6.42 Å². The Kier molecular flexibility index (Phi) is 2.76. The number of hydrogen-bond donors (Lipinski definition) is 0. The van der Waals surface area contributed by atoms with Crippen LogP contribution in [-0.2, 0) is 0 Å². The van der Waals surface area contributed by atoms with Crippen LogP contribution in [0.4, 0.5) is 0 Å². The summed E-state index contributed by atoms with van der Waals surface area (Å²) in [6.07, 6.45) is 4.36. The Morgan fingerprint density at radius 1 is 1.47 bits per heavy atom. The molecule has 2 aromatic heterocycles. The van der Waals surface area contributed by atoms with Crippen LogP contribution >= 0.6 is 11.6 Å². The zero-order valence-electron chi connectivity index (χ0n) is 9.80. The van der Waals surface area contributed by atoms with Crippen molar-refractivity contribution in [2.24, 2.45) is 0 Å². The maximum Gasteiger partial charge on any atom is 0.162 e. The normalized spacial score (nSPS) is 21.4. The Morgan fingerprint density at radius 3 is 3.18 bits per heavy atom. The first-order valence-corrected chi connectivity index (χ1v) is 6.41. The van der Waals surface area contributed by atoms with Crippen LogP contribution in [0.5, 0.6) is 0 Å². The van der Waals surface area contributed by atoms with Crippen LogP contribution < -0.4 is 0 Å². The van der Waals surface area contributed by atoms with Gasteiger partial charge in [-0.15, -0.1) is 10.2 Å². The highest BCUT2D eigenvalue weighted by Gasteiger charge is 2.28. The molecular weight excluding hydrogens is 236 g/mol. The van der Waals surface area contributed by atoms with Crippen LogP contribution in [0.1, 0.15) is 31.6 Å². The second kappa shape index (κ2) is 4.27. The average molecular weight is 251 g/mol. The highest BCUT2D eigenvalue weighted by atomic mass is 35.5. The fourth-order valence-corrected chi connectivity index (χ4v) is 2.76. The van der Waals surface area contributed by atoms with Crippen molar-refractivity contribution in [1.82, 2.24) is 19.5 Å². The number of hydrogen-bond acceptors (Lipinski definition) is 3. The lowest BCUT2D eigenvalue weighted by Crippen LogP contribution is -2.24. The fourth-order valence-electron chi connectivity index (χ4n) is 2.61. The number of pyridine rings is 1. The summed E-state index contributed by atoms with van der Waals surface area (Å²) in [6, 6.07) is 4.13. The van der Waals surface area contributed by atoms with Gasteiger partial charge in [0.1, 0.15) is 0 Å². The minimum absolute atomic E-state index is 0.399. The van der Waals surface area contributed by atoms with Gasteiger partial charge in [-0.2, -0.15) is 0 Å². The van der Waals surface area contributed by atoms with E-state index in [2.05, 4.69) is 22.0 Å². The molecular formula is C12H15ClN4. The van der Waals surface area contributed by atoms with Crippen molar-refractivity contribution in [3.63, 3.8) is 0 Å². The number of aromatic nitrogens is 3. The van der Waals surface area contributed by atoms with Crippen molar-refractivity contribution in [2.45, 2.75) is 25.8 Å². The lowest BCUT2D eigenvalue weighted by molar-refractivity contribution is 0.261. The zero-order chi connectivity index (χ0) is 11.8. The van der Waals surface area contributed by atoms with Gasteiger partial charge in [-0.25, -0.2) is 0 Å². The molecule has 2 aromatic rings. The highest BCUT2D eigenvalue weighted by molar-refractivity contribution is 6.30. The molecule has 1 aliphatic rings. The van der Waals surface area contributed by atoms with Gasteiger partial charge in [-0.1, -0.05) is 18.5 Å². The van der Waals surface area contributed by atoms with Gasteiger partial charge in [0, 0.05) is 17.3 Å². The molecule has 17 heavy (non-hydrogen) atoms. The highest BCUT2D eigenvalue weighted by Crippen LogP contribution is 2.30. The molecule has 3 heterocycles. The molecule has 0 spiro atoms. The predicted molar refractivity (Wildman–Crippen MR) is 67.2 cm³/mol.